The smallest absolute Gasteiger partial charge is 0.268 e. The maximum atomic E-state index is 14.6. The Kier molecular flexibility index (Phi) is 2.73. The van der Waals surface area contributed by atoms with E-state index in [4.69, 9.17) is 0 Å². The first-order chi connectivity index (χ1) is 7.63. The molecular formula is C12H12FNO2. The molecule has 0 radical (unpaired) electrons. The van der Waals surface area contributed by atoms with Gasteiger partial charge in [0.2, 0.25) is 11.6 Å². The van der Waals surface area contributed by atoms with Crippen LogP contribution in [0.1, 0.15) is 24.8 Å². The summed E-state index contributed by atoms with van der Waals surface area (Å²) in [6, 6.07) is 8.24. The van der Waals surface area contributed by atoms with Crippen molar-refractivity contribution in [2.75, 3.05) is 0 Å². The Morgan fingerprint density at radius 2 is 1.88 bits per heavy atom. The van der Waals surface area contributed by atoms with E-state index in [1.807, 2.05) is 0 Å². The molecule has 1 atom stereocenters. The second-order valence-corrected chi connectivity index (χ2v) is 3.90. The van der Waals surface area contributed by atoms with Crippen molar-refractivity contribution < 1.29 is 14.0 Å². The highest BCUT2D eigenvalue weighted by Gasteiger charge is 2.42. The van der Waals surface area contributed by atoms with Gasteiger partial charge in [0.05, 0.1) is 0 Å². The van der Waals surface area contributed by atoms with Gasteiger partial charge in [0, 0.05) is 6.42 Å². The van der Waals surface area contributed by atoms with Gasteiger partial charge in [-0.3, -0.25) is 14.9 Å². The molecule has 1 aromatic carbocycles. The Morgan fingerprint density at radius 1 is 1.19 bits per heavy atom. The number of alkyl halides is 1. The summed E-state index contributed by atoms with van der Waals surface area (Å²) in [4.78, 5) is 22.8. The van der Waals surface area contributed by atoms with Gasteiger partial charge in [-0.15, -0.1) is 0 Å². The van der Waals surface area contributed by atoms with Crippen LogP contribution in [0.5, 0.6) is 0 Å². The molecule has 2 rings (SSSR count). The highest BCUT2D eigenvalue weighted by molar-refractivity contribution is 6.00. The molecule has 1 heterocycles. The second-order valence-electron chi connectivity index (χ2n) is 3.90. The summed E-state index contributed by atoms with van der Waals surface area (Å²) in [6.45, 7) is 0. The van der Waals surface area contributed by atoms with Gasteiger partial charge in [-0.05, 0) is 18.4 Å². The van der Waals surface area contributed by atoms with Crippen LogP contribution in [0.2, 0.25) is 0 Å². The number of imide groups is 1. The third-order valence-corrected chi connectivity index (χ3v) is 2.77. The van der Waals surface area contributed by atoms with Crippen molar-refractivity contribution in [1.29, 1.82) is 0 Å². The average molecular weight is 221 g/mol. The van der Waals surface area contributed by atoms with Crippen LogP contribution >= 0.6 is 0 Å². The number of amides is 2. The molecule has 4 heteroatoms. The Balaban J connectivity index is 2.36. The van der Waals surface area contributed by atoms with E-state index in [-0.39, 0.29) is 12.8 Å². The van der Waals surface area contributed by atoms with Crippen molar-refractivity contribution in [2.24, 2.45) is 0 Å². The summed E-state index contributed by atoms with van der Waals surface area (Å²) < 4.78 is 14.6. The minimum absolute atomic E-state index is 0.0502. The summed E-state index contributed by atoms with van der Waals surface area (Å²) >= 11 is 0. The number of carbonyl (C=O) groups excluding carboxylic acids is 2. The number of carbonyl (C=O) groups is 2. The van der Waals surface area contributed by atoms with Crippen LogP contribution in [0.3, 0.4) is 0 Å². The zero-order valence-electron chi connectivity index (χ0n) is 8.70. The number of hydrogen-bond acceptors (Lipinski definition) is 2. The molecule has 0 saturated carbocycles. The third-order valence-electron chi connectivity index (χ3n) is 2.77. The zero-order valence-corrected chi connectivity index (χ0v) is 8.70. The highest BCUT2D eigenvalue weighted by atomic mass is 19.1. The van der Waals surface area contributed by atoms with Crippen molar-refractivity contribution in [3.8, 4) is 0 Å². The van der Waals surface area contributed by atoms with Gasteiger partial charge in [-0.25, -0.2) is 4.39 Å². The Labute approximate surface area is 92.7 Å². The first-order valence-corrected chi connectivity index (χ1v) is 5.22. The zero-order chi connectivity index (χ0) is 11.6. The van der Waals surface area contributed by atoms with Gasteiger partial charge in [-0.2, -0.15) is 0 Å². The molecule has 1 fully saturated rings. The molecular weight excluding hydrogens is 209 g/mol. The van der Waals surface area contributed by atoms with Gasteiger partial charge in [0.15, 0.2) is 0 Å². The third kappa shape index (κ3) is 1.83. The molecule has 2 amide bonds. The number of rotatable bonds is 1. The van der Waals surface area contributed by atoms with E-state index in [0.29, 0.717) is 12.0 Å². The lowest BCUT2D eigenvalue weighted by molar-refractivity contribution is -0.137. The van der Waals surface area contributed by atoms with E-state index >= 15 is 0 Å². The maximum absolute atomic E-state index is 14.6. The van der Waals surface area contributed by atoms with Gasteiger partial charge >= 0.3 is 0 Å². The van der Waals surface area contributed by atoms with Crippen LogP contribution in [-0.4, -0.2) is 11.8 Å². The summed E-state index contributed by atoms with van der Waals surface area (Å²) in [5.74, 6) is -1.25. The van der Waals surface area contributed by atoms with Crippen molar-refractivity contribution in [3.05, 3.63) is 35.9 Å². The SMILES string of the molecule is O=C1CCCC(F)(c2ccccc2)C(=O)N1. The fourth-order valence-corrected chi connectivity index (χ4v) is 1.87. The molecule has 0 bridgehead atoms. The van der Waals surface area contributed by atoms with Crippen molar-refractivity contribution in [2.45, 2.75) is 24.9 Å². The summed E-state index contributed by atoms with van der Waals surface area (Å²) in [6.07, 6.45) is 0.627. The molecule has 84 valence electrons. The highest BCUT2D eigenvalue weighted by Crippen LogP contribution is 2.33. The molecule has 0 spiro atoms. The van der Waals surface area contributed by atoms with E-state index in [0.717, 1.165) is 0 Å². The van der Waals surface area contributed by atoms with Crippen molar-refractivity contribution in [1.82, 2.24) is 5.32 Å². The normalized spacial score (nSPS) is 26.1. The topological polar surface area (TPSA) is 46.2 Å². The van der Waals surface area contributed by atoms with Crippen LogP contribution in [0.4, 0.5) is 4.39 Å². The number of nitrogens with one attached hydrogen (secondary N) is 1. The lowest BCUT2D eigenvalue weighted by Crippen LogP contribution is -2.41. The van der Waals surface area contributed by atoms with Gasteiger partial charge in [0.25, 0.3) is 5.91 Å². The molecule has 3 nitrogen and oxygen atoms in total. The second kappa shape index (κ2) is 4.04. The number of hydrogen-bond donors (Lipinski definition) is 1. The molecule has 1 unspecified atom stereocenters. The van der Waals surface area contributed by atoms with Crippen molar-refractivity contribution in [3.63, 3.8) is 0 Å². The first kappa shape index (κ1) is 10.8. The summed E-state index contributed by atoms with van der Waals surface area (Å²) in [5, 5.41) is 2.08. The van der Waals surface area contributed by atoms with Crippen LogP contribution in [0.25, 0.3) is 0 Å². The minimum atomic E-state index is -2.08. The van der Waals surface area contributed by atoms with E-state index in [9.17, 15) is 14.0 Å². The average Bonchev–Trinajstić information content (AvgIpc) is 2.41. The Morgan fingerprint density at radius 3 is 2.56 bits per heavy atom. The minimum Gasteiger partial charge on any atom is -0.293 e. The van der Waals surface area contributed by atoms with Crippen LogP contribution < -0.4 is 5.32 Å². The van der Waals surface area contributed by atoms with Gasteiger partial charge < -0.3 is 0 Å². The predicted octanol–water partition coefficient (Wildman–Crippen LogP) is 1.68. The van der Waals surface area contributed by atoms with E-state index in [2.05, 4.69) is 5.32 Å². The largest absolute Gasteiger partial charge is 0.293 e. The van der Waals surface area contributed by atoms with Crippen LogP contribution in [0, 0.1) is 0 Å². The van der Waals surface area contributed by atoms with Gasteiger partial charge in [-0.1, -0.05) is 30.3 Å². The lowest BCUT2D eigenvalue weighted by Gasteiger charge is -2.21. The van der Waals surface area contributed by atoms with Crippen LogP contribution in [0.15, 0.2) is 30.3 Å². The van der Waals surface area contributed by atoms with E-state index < -0.39 is 17.5 Å². The van der Waals surface area contributed by atoms with E-state index in [1.165, 1.54) is 0 Å². The molecule has 1 N–H and O–H groups in total. The fourth-order valence-electron chi connectivity index (χ4n) is 1.87. The van der Waals surface area contributed by atoms with E-state index in [1.54, 1.807) is 30.3 Å². The predicted molar refractivity (Wildman–Crippen MR) is 56.2 cm³/mol. The lowest BCUT2D eigenvalue weighted by atomic mass is 9.90. The quantitative estimate of drug-likeness (QED) is 0.733. The Bertz CT molecular complexity index is 418. The molecule has 0 aliphatic carbocycles. The van der Waals surface area contributed by atoms with Gasteiger partial charge in [0.1, 0.15) is 0 Å². The summed E-state index contributed by atoms with van der Waals surface area (Å²) in [7, 11) is 0. The first-order valence-electron chi connectivity index (χ1n) is 5.22. The Hall–Kier alpha value is -1.71. The molecule has 1 saturated heterocycles. The standard InChI is InChI=1S/C12H12FNO2/c13-12(9-5-2-1-3-6-9)8-4-7-10(15)14-11(12)16/h1-3,5-6H,4,7-8H2,(H,14,15,16). The number of benzene rings is 1. The molecule has 1 aliphatic rings. The van der Waals surface area contributed by atoms with Crippen LogP contribution in [-0.2, 0) is 15.3 Å². The molecule has 0 aromatic heterocycles. The molecule has 16 heavy (non-hydrogen) atoms. The maximum Gasteiger partial charge on any atom is 0.268 e. The summed E-state index contributed by atoms with van der Waals surface area (Å²) in [5.41, 5.74) is -1.77. The molecule has 1 aliphatic heterocycles. The fraction of sp³-hybridized carbons (Fsp3) is 0.333. The molecule has 1 aromatic rings. The van der Waals surface area contributed by atoms with Crippen molar-refractivity contribution >= 4 is 11.8 Å². The monoisotopic (exact) mass is 221 g/mol. The number of halogens is 1.